The maximum atomic E-state index is 13.8. The summed E-state index contributed by atoms with van der Waals surface area (Å²) in [5.41, 5.74) is 1.78. The molecule has 0 radical (unpaired) electrons. The molecule has 10 heteroatoms. The summed E-state index contributed by atoms with van der Waals surface area (Å²) in [6.45, 7) is 8.96. The monoisotopic (exact) mass is 610 g/mol. The molecule has 3 fully saturated rings. The molecule has 0 bridgehead atoms. The van der Waals surface area contributed by atoms with Crippen molar-refractivity contribution >= 4 is 62.8 Å². The van der Waals surface area contributed by atoms with Crippen LogP contribution in [0.1, 0.15) is 56.2 Å². The van der Waals surface area contributed by atoms with Crippen LogP contribution in [0.5, 0.6) is 5.75 Å². The average Bonchev–Trinajstić information content (AvgIpc) is 3.15. The van der Waals surface area contributed by atoms with E-state index in [4.69, 9.17) is 23.2 Å². The third-order valence-electron chi connectivity index (χ3n) is 8.53. The Balaban J connectivity index is 1.75. The SMILES string of the molecule is Cc1cc(C2C3=CCC4C(=O)N(C(C)(C)C)C(=O)C4C3CC3(Cl)C(=O)N(CBr)C(=O)C23Cl)cc(C)c1O. The fourth-order valence-electron chi connectivity index (χ4n) is 6.94. The van der Waals surface area contributed by atoms with E-state index in [9.17, 15) is 24.3 Å². The van der Waals surface area contributed by atoms with E-state index in [-0.39, 0.29) is 29.4 Å². The third-order valence-corrected chi connectivity index (χ3v) is 10.4. The summed E-state index contributed by atoms with van der Waals surface area (Å²) in [6, 6.07) is 3.50. The van der Waals surface area contributed by atoms with Gasteiger partial charge in [-0.25, -0.2) is 0 Å². The fraction of sp³-hybridized carbons (Fsp3) is 0.556. The van der Waals surface area contributed by atoms with E-state index in [2.05, 4.69) is 15.9 Å². The molecule has 1 saturated carbocycles. The Hall–Kier alpha value is -1.90. The second kappa shape index (κ2) is 8.30. The molecule has 4 amide bonds. The Labute approximate surface area is 234 Å². The average molecular weight is 612 g/mol. The zero-order valence-electron chi connectivity index (χ0n) is 21.3. The number of rotatable bonds is 2. The summed E-state index contributed by atoms with van der Waals surface area (Å²) in [4.78, 5) is 53.3. The number of hydrogen-bond donors (Lipinski definition) is 1. The number of carbonyl (C=O) groups excluding carboxylic acids is 4. The summed E-state index contributed by atoms with van der Waals surface area (Å²) < 4.78 is 0. The van der Waals surface area contributed by atoms with E-state index in [1.807, 2.05) is 26.8 Å². The molecule has 0 aromatic heterocycles. The molecule has 1 N–H and O–H groups in total. The summed E-state index contributed by atoms with van der Waals surface area (Å²) in [6.07, 6.45) is 2.20. The minimum Gasteiger partial charge on any atom is -0.507 e. The van der Waals surface area contributed by atoms with E-state index in [0.29, 0.717) is 23.1 Å². The van der Waals surface area contributed by atoms with Crippen LogP contribution < -0.4 is 0 Å². The van der Waals surface area contributed by atoms with E-state index in [1.54, 1.807) is 26.0 Å². The highest BCUT2D eigenvalue weighted by molar-refractivity contribution is 9.09. The smallest absolute Gasteiger partial charge is 0.254 e. The van der Waals surface area contributed by atoms with Gasteiger partial charge in [0.1, 0.15) is 5.75 Å². The van der Waals surface area contributed by atoms with Gasteiger partial charge in [-0.15, -0.1) is 23.2 Å². The molecule has 2 heterocycles. The number of imide groups is 2. The topological polar surface area (TPSA) is 95.0 Å². The van der Waals surface area contributed by atoms with Crippen LogP contribution >= 0.6 is 39.1 Å². The normalized spacial score (nSPS) is 35.5. The van der Waals surface area contributed by atoms with Crippen LogP contribution in [-0.4, -0.2) is 59.3 Å². The Kier molecular flexibility index (Phi) is 5.99. The molecule has 2 aliphatic heterocycles. The summed E-state index contributed by atoms with van der Waals surface area (Å²) in [5.74, 6) is -4.27. The number of hydrogen-bond acceptors (Lipinski definition) is 5. The second-order valence-electron chi connectivity index (χ2n) is 11.7. The minimum atomic E-state index is -1.85. The largest absolute Gasteiger partial charge is 0.507 e. The van der Waals surface area contributed by atoms with Gasteiger partial charge in [0.05, 0.1) is 17.3 Å². The van der Waals surface area contributed by atoms with E-state index < -0.39 is 50.8 Å². The quantitative estimate of drug-likeness (QED) is 0.230. The molecular formula is C27H29BrCl2N2O5. The second-order valence-corrected chi connectivity index (χ2v) is 13.4. The van der Waals surface area contributed by atoms with Crippen molar-refractivity contribution in [3.63, 3.8) is 0 Å². The molecule has 2 aliphatic carbocycles. The molecule has 1 aromatic rings. The zero-order valence-corrected chi connectivity index (χ0v) is 24.4. The number of nitrogens with zero attached hydrogens (tertiary/aromatic N) is 2. The van der Waals surface area contributed by atoms with Gasteiger partial charge < -0.3 is 5.11 Å². The lowest BCUT2D eigenvalue weighted by molar-refractivity contribution is -0.146. The molecular weight excluding hydrogens is 583 g/mol. The third kappa shape index (κ3) is 3.31. The Morgan fingerprint density at radius 2 is 1.62 bits per heavy atom. The molecule has 6 atom stereocenters. The first-order valence-corrected chi connectivity index (χ1v) is 14.2. The van der Waals surface area contributed by atoms with E-state index in [1.165, 1.54) is 4.90 Å². The number of halogens is 3. The summed E-state index contributed by atoms with van der Waals surface area (Å²) in [5, 5.41) is 10.4. The summed E-state index contributed by atoms with van der Waals surface area (Å²) >= 11 is 17.7. The Bertz CT molecular complexity index is 1280. The van der Waals surface area contributed by atoms with Gasteiger partial charge >= 0.3 is 0 Å². The highest BCUT2D eigenvalue weighted by Crippen LogP contribution is 2.65. The fourth-order valence-corrected chi connectivity index (χ4v) is 8.37. The Morgan fingerprint density at radius 3 is 2.16 bits per heavy atom. The number of likely N-dealkylation sites (tertiary alicyclic amines) is 2. The Morgan fingerprint density at radius 1 is 1.03 bits per heavy atom. The molecule has 1 aromatic carbocycles. The van der Waals surface area contributed by atoms with Gasteiger partial charge in [0, 0.05) is 11.5 Å². The van der Waals surface area contributed by atoms with E-state index >= 15 is 0 Å². The van der Waals surface area contributed by atoms with Crippen LogP contribution in [-0.2, 0) is 19.2 Å². The van der Waals surface area contributed by atoms with Crippen molar-refractivity contribution in [1.29, 1.82) is 0 Å². The van der Waals surface area contributed by atoms with Crippen molar-refractivity contribution in [2.75, 3.05) is 5.45 Å². The number of benzene rings is 1. The van der Waals surface area contributed by atoms with Crippen molar-refractivity contribution in [3.8, 4) is 5.75 Å². The van der Waals surface area contributed by atoms with Gasteiger partial charge in [-0.05, 0) is 70.1 Å². The predicted molar refractivity (Wildman–Crippen MR) is 143 cm³/mol. The lowest BCUT2D eigenvalue weighted by Gasteiger charge is -2.51. The van der Waals surface area contributed by atoms with Crippen molar-refractivity contribution in [3.05, 3.63) is 40.5 Å². The van der Waals surface area contributed by atoms with Gasteiger partial charge in [-0.2, -0.15) is 0 Å². The first-order valence-electron chi connectivity index (χ1n) is 12.3. The van der Waals surface area contributed by atoms with Gasteiger partial charge in [0.25, 0.3) is 11.8 Å². The molecule has 0 spiro atoms. The van der Waals surface area contributed by atoms with Gasteiger partial charge in [0.2, 0.25) is 11.8 Å². The number of phenols is 1. The molecule has 6 unspecified atom stereocenters. The predicted octanol–water partition coefficient (Wildman–Crippen LogP) is 4.52. The van der Waals surface area contributed by atoms with Crippen molar-refractivity contribution in [2.45, 2.75) is 68.7 Å². The number of amides is 4. The van der Waals surface area contributed by atoms with Crippen molar-refractivity contribution in [2.24, 2.45) is 17.8 Å². The highest BCUT2D eigenvalue weighted by atomic mass is 79.9. The standard InChI is InChI=1S/C27H29BrCl2N2O5/c1-12-8-14(9-13(2)20(12)33)19-15-6-7-16-18(22(35)32(21(16)34)25(3,4)5)17(15)10-26(29)23(36)31(11-28)24(37)27(19,26)30/h6,8-9,16-19,33H,7,10-11H2,1-5H3. The number of phenolic OH excluding ortho intramolecular Hbond substituents is 1. The molecule has 7 nitrogen and oxygen atoms in total. The van der Waals surface area contributed by atoms with Gasteiger partial charge in [-0.1, -0.05) is 39.7 Å². The zero-order chi connectivity index (χ0) is 27.4. The van der Waals surface area contributed by atoms with Crippen LogP contribution in [0.4, 0.5) is 0 Å². The number of aromatic hydroxyl groups is 1. The lowest BCUT2D eigenvalue weighted by Crippen LogP contribution is -2.60. The number of alkyl halides is 3. The maximum absolute atomic E-state index is 13.8. The van der Waals surface area contributed by atoms with Crippen LogP contribution in [0.2, 0.25) is 0 Å². The van der Waals surface area contributed by atoms with Crippen LogP contribution in [0.3, 0.4) is 0 Å². The highest BCUT2D eigenvalue weighted by Gasteiger charge is 2.76. The maximum Gasteiger partial charge on any atom is 0.254 e. The first-order chi connectivity index (χ1) is 17.1. The number of carbonyl (C=O) groups is 4. The number of allylic oxidation sites excluding steroid dienone is 2. The molecule has 4 aliphatic rings. The van der Waals surface area contributed by atoms with Gasteiger partial charge in [-0.3, -0.25) is 29.0 Å². The molecule has 198 valence electrons. The number of fused-ring (bicyclic) bond motifs is 4. The first kappa shape index (κ1) is 26.7. The lowest BCUT2D eigenvalue weighted by atomic mass is 9.56. The van der Waals surface area contributed by atoms with Gasteiger partial charge in [0.15, 0.2) is 9.75 Å². The van der Waals surface area contributed by atoms with E-state index in [0.717, 1.165) is 10.5 Å². The van der Waals surface area contributed by atoms with Crippen molar-refractivity contribution < 1.29 is 24.3 Å². The van der Waals surface area contributed by atoms with Crippen LogP contribution in [0.25, 0.3) is 0 Å². The molecule has 37 heavy (non-hydrogen) atoms. The minimum absolute atomic E-state index is 0.0390. The number of aryl methyl sites for hydroxylation is 2. The summed E-state index contributed by atoms with van der Waals surface area (Å²) in [7, 11) is 0. The van der Waals surface area contributed by atoms with Crippen molar-refractivity contribution in [1.82, 2.24) is 9.80 Å². The van der Waals surface area contributed by atoms with Crippen LogP contribution in [0, 0.1) is 31.6 Å². The molecule has 2 saturated heterocycles. The van der Waals surface area contributed by atoms with Crippen LogP contribution in [0.15, 0.2) is 23.8 Å². The molecule has 5 rings (SSSR count).